The normalized spacial score (nSPS) is 12.7. The lowest BCUT2D eigenvalue weighted by atomic mass is 10.1. The van der Waals surface area contributed by atoms with E-state index < -0.39 is 0 Å². The van der Waals surface area contributed by atoms with E-state index in [0.29, 0.717) is 5.75 Å². The lowest BCUT2D eigenvalue weighted by molar-refractivity contribution is 0.363. The monoisotopic (exact) mass is 276 g/mol. The van der Waals surface area contributed by atoms with Gasteiger partial charge in [0.05, 0.1) is 25.9 Å². The van der Waals surface area contributed by atoms with Gasteiger partial charge >= 0.3 is 0 Å². The van der Waals surface area contributed by atoms with Gasteiger partial charge in [-0.2, -0.15) is 5.10 Å². The van der Waals surface area contributed by atoms with Crippen LogP contribution in [-0.2, 0) is 6.54 Å². The molecule has 7 nitrogen and oxygen atoms in total. The Bertz CT molecular complexity index is 539. The molecule has 0 bridgehead atoms. The van der Waals surface area contributed by atoms with E-state index >= 15 is 0 Å². The summed E-state index contributed by atoms with van der Waals surface area (Å²) in [5, 5.41) is 4.35. The molecular formula is C13H20N6O. The number of hydrogen-bond donors (Lipinski definition) is 1. The van der Waals surface area contributed by atoms with Crippen LogP contribution >= 0.6 is 0 Å². The molecule has 1 atom stereocenters. The maximum absolute atomic E-state index is 6.31. The number of hydrogen-bond acceptors (Lipinski definition) is 6. The Morgan fingerprint density at radius 3 is 2.60 bits per heavy atom. The number of rotatable bonds is 6. The van der Waals surface area contributed by atoms with Crippen LogP contribution in [0, 0.1) is 0 Å². The molecule has 0 amide bonds. The van der Waals surface area contributed by atoms with Crippen LogP contribution < -0.4 is 10.5 Å². The van der Waals surface area contributed by atoms with E-state index in [2.05, 4.69) is 20.0 Å². The van der Waals surface area contributed by atoms with Gasteiger partial charge in [0.2, 0.25) is 0 Å². The summed E-state index contributed by atoms with van der Waals surface area (Å²) in [5.74, 6) is 0.681. The Morgan fingerprint density at radius 1 is 1.30 bits per heavy atom. The number of methoxy groups -OCH3 is 1. The molecule has 0 aliphatic carbocycles. The van der Waals surface area contributed by atoms with Gasteiger partial charge in [-0.15, -0.1) is 0 Å². The van der Waals surface area contributed by atoms with Crippen molar-refractivity contribution in [2.24, 2.45) is 5.73 Å². The van der Waals surface area contributed by atoms with Gasteiger partial charge in [0.25, 0.3) is 0 Å². The van der Waals surface area contributed by atoms with E-state index in [1.54, 1.807) is 25.7 Å². The molecule has 2 aromatic heterocycles. The van der Waals surface area contributed by atoms with Crippen molar-refractivity contribution in [2.45, 2.75) is 12.6 Å². The molecule has 0 aliphatic heterocycles. The Labute approximate surface area is 118 Å². The molecular weight excluding hydrogens is 256 g/mol. The highest BCUT2D eigenvalue weighted by atomic mass is 16.5. The highest BCUT2D eigenvalue weighted by molar-refractivity contribution is 5.34. The van der Waals surface area contributed by atoms with Crippen molar-refractivity contribution < 1.29 is 4.74 Å². The molecule has 0 saturated heterocycles. The highest BCUT2D eigenvalue weighted by Crippen LogP contribution is 2.27. The van der Waals surface area contributed by atoms with E-state index in [-0.39, 0.29) is 6.04 Å². The summed E-state index contributed by atoms with van der Waals surface area (Å²) in [6.45, 7) is 1.61. The molecule has 0 saturated carbocycles. The van der Waals surface area contributed by atoms with Gasteiger partial charge in [-0.05, 0) is 14.1 Å². The van der Waals surface area contributed by atoms with Crippen molar-refractivity contribution in [2.75, 3.05) is 27.7 Å². The van der Waals surface area contributed by atoms with Crippen molar-refractivity contribution in [3.05, 3.63) is 36.2 Å². The van der Waals surface area contributed by atoms with Gasteiger partial charge in [-0.25, -0.2) is 9.97 Å². The smallest absolute Gasteiger partial charge is 0.161 e. The summed E-state index contributed by atoms with van der Waals surface area (Å²) in [4.78, 5) is 10.1. The second-order valence-electron chi connectivity index (χ2n) is 4.77. The lowest BCUT2D eigenvalue weighted by Crippen LogP contribution is -2.23. The van der Waals surface area contributed by atoms with Crippen LogP contribution in [0.3, 0.4) is 0 Å². The molecule has 1 unspecified atom stereocenters. The third-order valence-electron chi connectivity index (χ3n) is 3.06. The molecule has 2 aromatic rings. The van der Waals surface area contributed by atoms with Crippen molar-refractivity contribution in [1.29, 1.82) is 0 Å². The molecule has 108 valence electrons. The van der Waals surface area contributed by atoms with Crippen molar-refractivity contribution in [3.8, 4) is 5.75 Å². The van der Waals surface area contributed by atoms with Crippen LogP contribution in [0.15, 0.2) is 24.9 Å². The van der Waals surface area contributed by atoms with Gasteiger partial charge in [-0.3, -0.25) is 4.68 Å². The predicted molar refractivity (Wildman–Crippen MR) is 75.4 cm³/mol. The minimum atomic E-state index is -0.365. The first-order valence-corrected chi connectivity index (χ1v) is 6.38. The maximum atomic E-state index is 6.31. The molecule has 0 aromatic carbocycles. The molecule has 0 radical (unpaired) electrons. The predicted octanol–water partition coefficient (Wildman–Crippen LogP) is 0.291. The summed E-state index contributed by atoms with van der Waals surface area (Å²) in [5.41, 5.74) is 7.98. The van der Waals surface area contributed by atoms with E-state index in [9.17, 15) is 0 Å². The molecule has 0 fully saturated rings. The van der Waals surface area contributed by atoms with Gasteiger partial charge in [0.1, 0.15) is 12.0 Å². The summed E-state index contributed by atoms with van der Waals surface area (Å²) in [6.07, 6.45) is 6.59. The largest absolute Gasteiger partial charge is 0.493 e. The van der Waals surface area contributed by atoms with Crippen molar-refractivity contribution >= 4 is 0 Å². The summed E-state index contributed by atoms with van der Waals surface area (Å²) < 4.78 is 7.23. The van der Waals surface area contributed by atoms with Crippen molar-refractivity contribution in [1.82, 2.24) is 24.6 Å². The molecule has 20 heavy (non-hydrogen) atoms. The molecule has 0 aliphatic rings. The zero-order valence-electron chi connectivity index (χ0n) is 12.0. The zero-order valence-corrected chi connectivity index (χ0v) is 12.0. The second kappa shape index (κ2) is 6.44. The summed E-state index contributed by atoms with van der Waals surface area (Å²) >= 11 is 0. The minimum Gasteiger partial charge on any atom is -0.493 e. The fourth-order valence-corrected chi connectivity index (χ4v) is 1.95. The van der Waals surface area contributed by atoms with Crippen LogP contribution in [-0.4, -0.2) is 52.4 Å². The topological polar surface area (TPSA) is 82.1 Å². The third-order valence-corrected chi connectivity index (χ3v) is 3.06. The first kappa shape index (κ1) is 14.4. The summed E-state index contributed by atoms with van der Waals surface area (Å²) in [7, 11) is 5.65. The van der Waals surface area contributed by atoms with E-state index in [0.717, 1.165) is 24.3 Å². The quantitative estimate of drug-likeness (QED) is 0.816. The number of likely N-dealkylation sites (N-methyl/N-ethyl adjacent to an activating group) is 1. The van der Waals surface area contributed by atoms with Crippen molar-refractivity contribution in [3.63, 3.8) is 0 Å². The maximum Gasteiger partial charge on any atom is 0.161 e. The van der Waals surface area contributed by atoms with Gasteiger partial charge in [-0.1, -0.05) is 0 Å². The van der Waals surface area contributed by atoms with Gasteiger partial charge in [0, 0.05) is 24.5 Å². The Morgan fingerprint density at radius 2 is 2.00 bits per heavy atom. The summed E-state index contributed by atoms with van der Waals surface area (Å²) in [6, 6.07) is -0.365. The fraction of sp³-hybridized carbons (Fsp3) is 0.462. The highest BCUT2D eigenvalue weighted by Gasteiger charge is 2.20. The average Bonchev–Trinajstić information content (AvgIpc) is 2.88. The van der Waals surface area contributed by atoms with Crippen LogP contribution in [0.4, 0.5) is 0 Å². The van der Waals surface area contributed by atoms with E-state index in [1.165, 1.54) is 6.33 Å². The Kier molecular flexibility index (Phi) is 4.65. The molecule has 0 spiro atoms. The first-order valence-electron chi connectivity index (χ1n) is 6.38. The second-order valence-corrected chi connectivity index (χ2v) is 4.77. The van der Waals surface area contributed by atoms with E-state index in [1.807, 2.05) is 18.8 Å². The Balaban J connectivity index is 2.30. The number of aromatic nitrogens is 4. The minimum absolute atomic E-state index is 0.365. The zero-order chi connectivity index (χ0) is 14.5. The Hall–Kier alpha value is -1.99. The number of ether oxygens (including phenoxy) is 1. The van der Waals surface area contributed by atoms with Crippen LogP contribution in [0.5, 0.6) is 5.75 Å². The van der Waals surface area contributed by atoms with Crippen LogP contribution in [0.1, 0.15) is 17.3 Å². The van der Waals surface area contributed by atoms with Crippen LogP contribution in [0.2, 0.25) is 0 Å². The van der Waals surface area contributed by atoms with Crippen LogP contribution in [0.25, 0.3) is 0 Å². The third kappa shape index (κ3) is 3.12. The SMILES string of the molecule is COc1cnn(CCN(C)C)c1C(N)c1cncnc1. The van der Waals surface area contributed by atoms with Gasteiger partial charge < -0.3 is 15.4 Å². The average molecular weight is 276 g/mol. The standard InChI is InChI=1S/C13H20N6O/c1-18(2)4-5-19-13(11(20-3)8-17-19)12(14)10-6-15-9-16-7-10/h6-9,12H,4-5,14H2,1-3H3. The number of nitrogens with zero attached hydrogens (tertiary/aromatic N) is 5. The molecule has 2 heterocycles. The lowest BCUT2D eigenvalue weighted by Gasteiger charge is -2.17. The van der Waals surface area contributed by atoms with Gasteiger partial charge in [0.15, 0.2) is 5.75 Å². The number of nitrogens with two attached hydrogens (primary N) is 1. The fourth-order valence-electron chi connectivity index (χ4n) is 1.95. The first-order chi connectivity index (χ1) is 9.63. The molecule has 2 rings (SSSR count). The molecule has 2 N–H and O–H groups in total. The van der Waals surface area contributed by atoms with E-state index in [4.69, 9.17) is 10.5 Å². The molecule has 7 heteroatoms.